The molecule has 2 rings (SSSR count). The molecule has 0 aromatic heterocycles. The summed E-state index contributed by atoms with van der Waals surface area (Å²) in [6.45, 7) is 0. The van der Waals surface area contributed by atoms with Gasteiger partial charge in [-0.05, 0) is 0 Å². The highest BCUT2D eigenvalue weighted by Gasteiger charge is 2.27. The molecule has 0 fully saturated rings. The first-order valence-electron chi connectivity index (χ1n) is 6.51. The fraction of sp³-hybridized carbons (Fsp3) is 0.143. The van der Waals surface area contributed by atoms with E-state index in [0.717, 1.165) is 0 Å². The van der Waals surface area contributed by atoms with Crippen molar-refractivity contribution in [2.24, 2.45) is 0 Å². The third-order valence-corrected chi connectivity index (χ3v) is 4.69. The van der Waals surface area contributed by atoms with Crippen LogP contribution in [0.25, 0.3) is 0 Å². The lowest BCUT2D eigenvalue weighted by Crippen LogP contribution is -2.06. The van der Waals surface area contributed by atoms with E-state index < -0.39 is 80.8 Å². The third kappa shape index (κ3) is 4.14. The van der Waals surface area contributed by atoms with Gasteiger partial charge in [0.15, 0.2) is 46.5 Å². The first kappa shape index (κ1) is 21.7. The molecule has 27 heavy (non-hydrogen) atoms. The van der Waals surface area contributed by atoms with Gasteiger partial charge in [0.25, 0.3) is 0 Å². The van der Waals surface area contributed by atoms with E-state index >= 15 is 0 Å². The van der Waals surface area contributed by atoms with Crippen LogP contribution in [0.15, 0.2) is 0 Å². The SMILES string of the molecule is Fc1c(F)c(F)c(CSOSCc2c(F)c(F)c(F)c(F)c2F)c(F)c1F. The molecular formula is C14H4F10OS2. The fourth-order valence-electron chi connectivity index (χ4n) is 1.75. The van der Waals surface area contributed by atoms with Gasteiger partial charge < -0.3 is 0 Å². The average Bonchev–Trinajstić information content (AvgIpc) is 2.66. The zero-order valence-corrected chi connectivity index (χ0v) is 14.1. The van der Waals surface area contributed by atoms with E-state index in [1.54, 1.807) is 0 Å². The summed E-state index contributed by atoms with van der Waals surface area (Å²) in [6, 6.07) is 0. The summed E-state index contributed by atoms with van der Waals surface area (Å²) < 4.78 is 136. The predicted octanol–water partition coefficient (Wildman–Crippen LogP) is 6.09. The molecule has 0 amide bonds. The molecule has 1 nitrogen and oxygen atoms in total. The van der Waals surface area contributed by atoms with Crippen molar-refractivity contribution in [3.05, 3.63) is 69.3 Å². The molecule has 0 heterocycles. The van der Waals surface area contributed by atoms with Crippen molar-refractivity contribution in [1.82, 2.24) is 0 Å². The summed E-state index contributed by atoms with van der Waals surface area (Å²) >= 11 is 0.242. The van der Waals surface area contributed by atoms with Crippen molar-refractivity contribution >= 4 is 24.1 Å². The number of rotatable bonds is 6. The van der Waals surface area contributed by atoms with Crippen LogP contribution in [0.1, 0.15) is 11.1 Å². The van der Waals surface area contributed by atoms with E-state index in [4.69, 9.17) is 0 Å². The van der Waals surface area contributed by atoms with Crippen LogP contribution in [0.2, 0.25) is 0 Å². The van der Waals surface area contributed by atoms with E-state index in [9.17, 15) is 43.9 Å². The number of benzene rings is 2. The third-order valence-electron chi connectivity index (χ3n) is 3.10. The lowest BCUT2D eigenvalue weighted by atomic mass is 10.2. The summed E-state index contributed by atoms with van der Waals surface area (Å²) in [6.07, 6.45) is 0. The molecule has 0 radical (unpaired) electrons. The number of hydrogen-bond donors (Lipinski definition) is 0. The van der Waals surface area contributed by atoms with Crippen molar-refractivity contribution in [3.8, 4) is 0 Å². The van der Waals surface area contributed by atoms with Crippen molar-refractivity contribution < 1.29 is 47.5 Å². The average molecular weight is 442 g/mol. The molecule has 0 aliphatic carbocycles. The Bertz CT molecular complexity index is 760. The summed E-state index contributed by atoms with van der Waals surface area (Å²) in [5.41, 5.74) is -2.43. The fourth-order valence-corrected chi connectivity index (χ4v) is 3.15. The Morgan fingerprint density at radius 1 is 0.407 bits per heavy atom. The van der Waals surface area contributed by atoms with Crippen LogP contribution in [-0.4, -0.2) is 0 Å². The standard InChI is InChI=1S/C14H4F10OS2/c15-5-3(6(16)10(20)13(23)9(5)19)1-26-25-27-2-4-7(17)11(21)14(24)12(22)8(4)18/h1-2H2. The van der Waals surface area contributed by atoms with Crippen LogP contribution in [0, 0.1) is 58.2 Å². The second kappa shape index (κ2) is 8.61. The van der Waals surface area contributed by atoms with Gasteiger partial charge in [0.2, 0.25) is 11.6 Å². The van der Waals surface area contributed by atoms with Gasteiger partial charge in [-0.25, -0.2) is 47.5 Å². The van der Waals surface area contributed by atoms with Crippen LogP contribution >= 0.6 is 24.1 Å². The Hall–Kier alpha value is -1.60. The minimum Gasteiger partial charge on any atom is -0.247 e. The normalized spacial score (nSPS) is 11.3. The minimum atomic E-state index is -2.35. The summed E-state index contributed by atoms with van der Waals surface area (Å²) in [7, 11) is 0. The molecule has 13 heteroatoms. The maximum atomic E-state index is 13.4. The molecule has 148 valence electrons. The van der Waals surface area contributed by atoms with Crippen LogP contribution in [0.5, 0.6) is 0 Å². The van der Waals surface area contributed by atoms with Crippen molar-refractivity contribution in [1.29, 1.82) is 0 Å². The van der Waals surface area contributed by atoms with Gasteiger partial charge in [-0.2, -0.15) is 0 Å². The van der Waals surface area contributed by atoms with Crippen LogP contribution in [0.4, 0.5) is 43.9 Å². The first-order chi connectivity index (χ1) is 12.6. The van der Waals surface area contributed by atoms with Crippen molar-refractivity contribution in [2.45, 2.75) is 11.5 Å². The molecule has 2 aromatic carbocycles. The van der Waals surface area contributed by atoms with Gasteiger partial charge in [-0.1, -0.05) is 0 Å². The molecule has 0 saturated carbocycles. The summed E-state index contributed by atoms with van der Waals surface area (Å²) in [5, 5.41) is 0. The van der Waals surface area contributed by atoms with Crippen molar-refractivity contribution in [3.63, 3.8) is 0 Å². The topological polar surface area (TPSA) is 9.23 Å². The second-order valence-electron chi connectivity index (χ2n) is 4.69. The molecule has 0 unspecified atom stereocenters. The lowest BCUT2D eigenvalue weighted by Gasteiger charge is -2.09. The Kier molecular flexibility index (Phi) is 6.92. The number of hydrogen-bond acceptors (Lipinski definition) is 3. The Labute approximate surface area is 153 Å². The van der Waals surface area contributed by atoms with E-state index in [1.807, 2.05) is 0 Å². The molecule has 0 spiro atoms. The maximum Gasteiger partial charge on any atom is 0.200 e. The Morgan fingerprint density at radius 3 is 0.889 bits per heavy atom. The van der Waals surface area contributed by atoms with Gasteiger partial charge in [0.05, 0.1) is 11.5 Å². The van der Waals surface area contributed by atoms with E-state index in [2.05, 4.69) is 3.63 Å². The molecule has 0 N–H and O–H groups in total. The Balaban J connectivity index is 2.02. The first-order valence-corrected chi connectivity index (χ1v) is 8.33. The molecule has 2 aromatic rings. The second-order valence-corrected chi connectivity index (χ2v) is 6.28. The van der Waals surface area contributed by atoms with Crippen LogP contribution < -0.4 is 0 Å². The zero-order valence-electron chi connectivity index (χ0n) is 12.4. The highest BCUT2D eigenvalue weighted by molar-refractivity contribution is 8.07. The van der Waals surface area contributed by atoms with Crippen molar-refractivity contribution in [2.75, 3.05) is 0 Å². The minimum absolute atomic E-state index is 0.121. The lowest BCUT2D eigenvalue weighted by molar-refractivity contribution is 0.372. The van der Waals surface area contributed by atoms with E-state index in [-0.39, 0.29) is 24.1 Å². The highest BCUT2D eigenvalue weighted by atomic mass is 32.2. The predicted molar refractivity (Wildman–Crippen MR) is 76.1 cm³/mol. The molecule has 0 atom stereocenters. The monoisotopic (exact) mass is 442 g/mol. The van der Waals surface area contributed by atoms with Gasteiger partial charge in [0.1, 0.15) is 0 Å². The quantitative estimate of drug-likeness (QED) is 0.176. The van der Waals surface area contributed by atoms with E-state index in [0.29, 0.717) is 0 Å². The van der Waals surface area contributed by atoms with Gasteiger partial charge in [0, 0.05) is 35.2 Å². The summed E-state index contributed by atoms with van der Waals surface area (Å²) in [5.74, 6) is -23.5. The zero-order chi connectivity index (χ0) is 20.5. The highest BCUT2D eigenvalue weighted by Crippen LogP contribution is 2.31. The molecule has 0 aliphatic rings. The number of halogens is 10. The van der Waals surface area contributed by atoms with Gasteiger partial charge >= 0.3 is 0 Å². The molecular weight excluding hydrogens is 438 g/mol. The molecule has 0 aliphatic heterocycles. The maximum absolute atomic E-state index is 13.4. The Morgan fingerprint density at radius 2 is 0.630 bits per heavy atom. The van der Waals surface area contributed by atoms with Crippen LogP contribution in [0.3, 0.4) is 0 Å². The molecule has 0 saturated heterocycles. The summed E-state index contributed by atoms with van der Waals surface area (Å²) in [4.78, 5) is 0. The smallest absolute Gasteiger partial charge is 0.200 e. The van der Waals surface area contributed by atoms with Gasteiger partial charge in [-0.15, -0.1) is 0 Å². The van der Waals surface area contributed by atoms with E-state index in [1.165, 1.54) is 0 Å². The largest absolute Gasteiger partial charge is 0.247 e. The molecule has 0 bridgehead atoms. The van der Waals surface area contributed by atoms with Gasteiger partial charge in [-0.3, -0.25) is 0 Å². The van der Waals surface area contributed by atoms with Crippen LogP contribution in [-0.2, 0) is 15.1 Å².